The molecule has 0 spiro atoms. The van der Waals surface area contributed by atoms with Crippen molar-refractivity contribution in [1.29, 1.82) is 0 Å². The van der Waals surface area contributed by atoms with Crippen molar-refractivity contribution in [2.45, 2.75) is 62.5 Å². The number of rotatable bonds is 5. The first-order chi connectivity index (χ1) is 10.4. The smallest absolute Gasteiger partial charge is 0.251 e. The number of alkyl halides is 2. The van der Waals surface area contributed by atoms with Crippen molar-refractivity contribution >= 4 is 9.84 Å². The van der Waals surface area contributed by atoms with E-state index in [0.717, 1.165) is 58.0 Å². The van der Waals surface area contributed by atoms with Crippen LogP contribution in [0.1, 0.15) is 51.4 Å². The summed E-state index contributed by atoms with van der Waals surface area (Å²) in [5, 5.41) is -0.135. The fraction of sp³-hybridized carbons (Fsp3) is 1.00. The number of nitrogens with zero attached hydrogens (tertiary/aromatic N) is 1. The molecule has 0 aromatic heterocycles. The van der Waals surface area contributed by atoms with Crippen LogP contribution in [0.4, 0.5) is 8.78 Å². The zero-order valence-electron chi connectivity index (χ0n) is 13.1. The van der Waals surface area contributed by atoms with Crippen molar-refractivity contribution in [1.82, 2.24) is 4.90 Å². The maximum Gasteiger partial charge on any atom is 0.251 e. The summed E-state index contributed by atoms with van der Waals surface area (Å²) in [6.45, 7) is 2.13. The summed E-state index contributed by atoms with van der Waals surface area (Å²) in [5.41, 5.74) is 0. The van der Waals surface area contributed by atoms with Gasteiger partial charge in [-0.1, -0.05) is 19.3 Å². The number of hydrogen-bond acceptors (Lipinski definition) is 3. The summed E-state index contributed by atoms with van der Waals surface area (Å²) < 4.78 is 50.9. The lowest BCUT2D eigenvalue weighted by molar-refractivity contribution is 0.0692. The molecule has 2 aliphatic carbocycles. The molecule has 3 aliphatic rings. The molecule has 3 fully saturated rings. The highest BCUT2D eigenvalue weighted by atomic mass is 32.2. The molecule has 6 heteroatoms. The minimum Gasteiger partial charge on any atom is -0.302 e. The van der Waals surface area contributed by atoms with Gasteiger partial charge in [0.2, 0.25) is 0 Å². The Morgan fingerprint density at radius 3 is 2.14 bits per heavy atom. The summed E-state index contributed by atoms with van der Waals surface area (Å²) in [6.07, 6.45) is 6.52. The van der Waals surface area contributed by atoms with Crippen LogP contribution in [0.3, 0.4) is 0 Å². The highest BCUT2D eigenvalue weighted by molar-refractivity contribution is 7.92. The summed E-state index contributed by atoms with van der Waals surface area (Å²) >= 11 is 0. The second kappa shape index (κ2) is 6.34. The number of hydrogen-bond donors (Lipinski definition) is 0. The highest BCUT2D eigenvalue weighted by Gasteiger charge is 2.59. The molecule has 22 heavy (non-hydrogen) atoms. The predicted molar refractivity (Wildman–Crippen MR) is 82.9 cm³/mol. The van der Waals surface area contributed by atoms with Crippen molar-refractivity contribution in [3.63, 3.8) is 0 Å². The van der Waals surface area contributed by atoms with Crippen molar-refractivity contribution in [2.24, 2.45) is 11.8 Å². The average Bonchev–Trinajstić information content (AvgIpc) is 3.15. The molecule has 1 unspecified atom stereocenters. The molecular weight excluding hydrogens is 308 g/mol. The van der Waals surface area contributed by atoms with E-state index in [1.54, 1.807) is 0 Å². The van der Waals surface area contributed by atoms with Gasteiger partial charge in [0.05, 0.1) is 11.0 Å². The first-order valence-corrected chi connectivity index (χ1v) is 10.4. The van der Waals surface area contributed by atoms with Crippen LogP contribution in [0.25, 0.3) is 0 Å². The third-order valence-electron chi connectivity index (χ3n) is 5.83. The molecule has 1 saturated heterocycles. The Morgan fingerprint density at radius 2 is 1.59 bits per heavy atom. The van der Waals surface area contributed by atoms with Gasteiger partial charge in [0.25, 0.3) is 5.92 Å². The van der Waals surface area contributed by atoms with E-state index in [9.17, 15) is 17.2 Å². The van der Waals surface area contributed by atoms with E-state index in [4.69, 9.17) is 0 Å². The largest absolute Gasteiger partial charge is 0.302 e. The second-order valence-corrected chi connectivity index (χ2v) is 9.78. The second-order valence-electron chi connectivity index (χ2n) is 7.38. The molecule has 0 N–H and O–H groups in total. The van der Waals surface area contributed by atoms with Gasteiger partial charge < -0.3 is 4.90 Å². The normalized spacial score (nSPS) is 31.3. The van der Waals surface area contributed by atoms with E-state index in [1.807, 2.05) is 0 Å². The quantitative estimate of drug-likeness (QED) is 0.775. The molecule has 0 bridgehead atoms. The van der Waals surface area contributed by atoms with Crippen LogP contribution in [-0.2, 0) is 9.84 Å². The monoisotopic (exact) mass is 335 g/mol. The summed E-state index contributed by atoms with van der Waals surface area (Å²) in [7, 11) is -2.98. The molecule has 1 aliphatic heterocycles. The third kappa shape index (κ3) is 3.81. The first-order valence-electron chi connectivity index (χ1n) is 8.70. The maximum atomic E-state index is 13.1. The van der Waals surface area contributed by atoms with Crippen molar-refractivity contribution in [3.05, 3.63) is 0 Å². The highest BCUT2D eigenvalue weighted by Crippen LogP contribution is 2.55. The van der Waals surface area contributed by atoms with Gasteiger partial charge in [0.1, 0.15) is 0 Å². The topological polar surface area (TPSA) is 37.4 Å². The van der Waals surface area contributed by atoms with Crippen LogP contribution < -0.4 is 0 Å². The molecule has 3 rings (SSSR count). The van der Waals surface area contributed by atoms with E-state index in [-0.39, 0.29) is 23.3 Å². The van der Waals surface area contributed by atoms with Gasteiger partial charge in [-0.25, -0.2) is 17.2 Å². The lowest BCUT2D eigenvalue weighted by Gasteiger charge is -2.32. The Balaban J connectivity index is 1.41. The van der Waals surface area contributed by atoms with Crippen molar-refractivity contribution < 1.29 is 17.2 Å². The fourth-order valence-electron chi connectivity index (χ4n) is 4.17. The van der Waals surface area contributed by atoms with E-state index in [0.29, 0.717) is 6.54 Å². The van der Waals surface area contributed by atoms with Crippen molar-refractivity contribution in [2.75, 3.05) is 25.4 Å². The Kier molecular flexibility index (Phi) is 4.79. The first kappa shape index (κ1) is 16.6. The molecule has 0 amide bonds. The summed E-state index contributed by atoms with van der Waals surface area (Å²) in [5.74, 6) is -2.44. The van der Waals surface area contributed by atoms with Gasteiger partial charge >= 0.3 is 0 Å². The minimum absolute atomic E-state index is 0.0632. The third-order valence-corrected chi connectivity index (χ3v) is 8.07. The molecule has 128 valence electrons. The van der Waals surface area contributed by atoms with E-state index in [1.165, 1.54) is 0 Å². The Hall–Kier alpha value is -0.230. The fourth-order valence-corrected chi connectivity index (χ4v) is 6.07. The Labute approximate surface area is 132 Å². The number of likely N-dealkylation sites (tertiary alicyclic amines) is 1. The van der Waals surface area contributed by atoms with Crippen LogP contribution in [0.15, 0.2) is 0 Å². The summed E-state index contributed by atoms with van der Waals surface area (Å²) in [6, 6.07) is 0. The molecule has 3 nitrogen and oxygen atoms in total. The van der Waals surface area contributed by atoms with Crippen LogP contribution in [-0.4, -0.2) is 49.9 Å². The molecular formula is C16H27F2NO2S. The standard InChI is InChI=1S/C16H27F2NO2S/c17-16(18)12-15(16)13-6-8-19(9-7-13)10-11-22(20,21)14-4-2-1-3-5-14/h13-15H,1-12H2. The van der Waals surface area contributed by atoms with Gasteiger partial charge in [0, 0.05) is 18.9 Å². The van der Waals surface area contributed by atoms with Crippen molar-refractivity contribution in [3.8, 4) is 0 Å². The Morgan fingerprint density at radius 1 is 1.00 bits per heavy atom. The van der Waals surface area contributed by atoms with Gasteiger partial charge in [-0.05, 0) is 44.7 Å². The Bertz CT molecular complexity index is 480. The van der Waals surface area contributed by atoms with E-state index in [2.05, 4.69) is 4.90 Å². The molecule has 0 aromatic carbocycles. The van der Waals surface area contributed by atoms with E-state index >= 15 is 0 Å². The number of halogens is 2. The lowest BCUT2D eigenvalue weighted by Crippen LogP contribution is -2.39. The van der Waals surface area contributed by atoms with Crippen LogP contribution in [0, 0.1) is 11.8 Å². The van der Waals surface area contributed by atoms with Gasteiger partial charge in [-0.2, -0.15) is 0 Å². The van der Waals surface area contributed by atoms with Gasteiger partial charge in [0.15, 0.2) is 9.84 Å². The zero-order chi connectivity index (χ0) is 15.8. The number of piperidine rings is 1. The average molecular weight is 335 g/mol. The minimum atomic E-state index is -2.98. The summed E-state index contributed by atoms with van der Waals surface area (Å²) in [4.78, 5) is 2.15. The SMILES string of the molecule is O=S(=O)(CCN1CCC(C2CC2(F)F)CC1)C1CCCCC1. The van der Waals surface area contributed by atoms with Crippen LogP contribution >= 0.6 is 0 Å². The van der Waals surface area contributed by atoms with E-state index < -0.39 is 21.7 Å². The maximum absolute atomic E-state index is 13.1. The molecule has 0 radical (unpaired) electrons. The predicted octanol–water partition coefficient (Wildman–Crippen LogP) is 3.10. The van der Waals surface area contributed by atoms with Crippen LogP contribution in [0.5, 0.6) is 0 Å². The number of sulfone groups is 1. The molecule has 1 atom stereocenters. The molecule has 2 saturated carbocycles. The molecule has 1 heterocycles. The van der Waals surface area contributed by atoms with Gasteiger partial charge in [-0.3, -0.25) is 0 Å². The van der Waals surface area contributed by atoms with Crippen LogP contribution in [0.2, 0.25) is 0 Å². The van der Waals surface area contributed by atoms with Gasteiger partial charge in [-0.15, -0.1) is 0 Å². The molecule has 0 aromatic rings. The zero-order valence-corrected chi connectivity index (χ0v) is 14.0. The lowest BCUT2D eigenvalue weighted by atomic mass is 9.92.